The summed E-state index contributed by atoms with van der Waals surface area (Å²) in [5.41, 5.74) is 0.632. The summed E-state index contributed by atoms with van der Waals surface area (Å²) in [5.74, 6) is -0.418. The van der Waals surface area contributed by atoms with Crippen LogP contribution in [0, 0.1) is 0 Å². The van der Waals surface area contributed by atoms with Gasteiger partial charge in [-0.05, 0) is 87.2 Å². The molecule has 0 radical (unpaired) electrons. The number of hydrogen-bond acceptors (Lipinski definition) is 9. The monoisotopic (exact) mass is 615 g/mol. The number of aliphatic imine (C=N–C) groups is 1. The number of amides is 4. The lowest BCUT2D eigenvalue weighted by Gasteiger charge is -2.27. The van der Waals surface area contributed by atoms with E-state index in [1.165, 1.54) is 0 Å². The zero-order valence-corrected chi connectivity index (χ0v) is 27.4. The van der Waals surface area contributed by atoms with Crippen molar-refractivity contribution in [1.82, 2.24) is 31.6 Å². The van der Waals surface area contributed by atoms with Crippen LogP contribution >= 0.6 is 0 Å². The van der Waals surface area contributed by atoms with Gasteiger partial charge in [0.25, 0.3) is 0 Å². The highest BCUT2D eigenvalue weighted by Crippen LogP contribution is 2.11. The molecule has 250 valence electrons. The standard InChI is InChI=1S/C29H57N7O7/c1-28(2,3)42-26(39)34-25(35-41)33-20-11-9-8-10-18-31-23(37)15-16-24(38)32-19-12-13-21-36(22-14-17-30-7)27(40)43-29(4,5)6/h30,41H,8-22H2,1-7H3,(H,31,37)(H,32,38)(H2,33,34,35,39). The van der Waals surface area contributed by atoms with Gasteiger partial charge in [-0.1, -0.05) is 12.8 Å². The lowest BCUT2D eigenvalue weighted by Crippen LogP contribution is -2.42. The Labute approximate surface area is 257 Å². The van der Waals surface area contributed by atoms with Crippen LogP contribution in [0.15, 0.2) is 4.99 Å². The molecule has 0 saturated heterocycles. The molecule has 0 atom stereocenters. The second-order valence-electron chi connectivity index (χ2n) is 12.2. The number of nitrogens with one attached hydrogen (secondary N) is 5. The molecule has 0 spiro atoms. The topological polar surface area (TPSA) is 183 Å². The zero-order chi connectivity index (χ0) is 32.7. The van der Waals surface area contributed by atoms with Crippen LogP contribution in [0.4, 0.5) is 9.59 Å². The maximum atomic E-state index is 12.5. The largest absolute Gasteiger partial charge is 0.444 e. The van der Waals surface area contributed by atoms with E-state index in [0.29, 0.717) is 39.1 Å². The van der Waals surface area contributed by atoms with Crippen molar-refractivity contribution in [2.24, 2.45) is 4.99 Å². The van der Waals surface area contributed by atoms with Gasteiger partial charge in [-0.3, -0.25) is 25.1 Å². The lowest BCUT2D eigenvalue weighted by molar-refractivity contribution is -0.126. The Morgan fingerprint density at radius 1 is 0.721 bits per heavy atom. The van der Waals surface area contributed by atoms with Crippen molar-refractivity contribution in [3.63, 3.8) is 0 Å². The summed E-state index contributed by atoms with van der Waals surface area (Å²) in [7, 11) is 1.87. The molecule has 0 heterocycles. The number of carbonyl (C=O) groups is 4. The third-order valence-electron chi connectivity index (χ3n) is 5.66. The first-order valence-electron chi connectivity index (χ1n) is 15.3. The molecular formula is C29H57N7O7. The maximum Gasteiger partial charge on any atom is 0.414 e. The normalized spacial score (nSPS) is 11.9. The molecule has 0 unspecified atom stereocenters. The molecule has 14 heteroatoms. The summed E-state index contributed by atoms with van der Waals surface area (Å²) in [5, 5.41) is 20.2. The van der Waals surface area contributed by atoms with Crippen LogP contribution in [0.1, 0.15) is 99.3 Å². The van der Waals surface area contributed by atoms with E-state index in [0.717, 1.165) is 45.1 Å². The number of alkyl carbamates (subject to hydrolysis) is 1. The van der Waals surface area contributed by atoms with Crippen molar-refractivity contribution in [2.75, 3.05) is 46.3 Å². The van der Waals surface area contributed by atoms with Gasteiger partial charge in [-0.2, -0.15) is 0 Å². The third-order valence-corrected chi connectivity index (χ3v) is 5.66. The highest BCUT2D eigenvalue weighted by molar-refractivity contribution is 5.93. The summed E-state index contributed by atoms with van der Waals surface area (Å²) in [6.07, 6.45) is 4.74. The molecule has 0 bridgehead atoms. The van der Waals surface area contributed by atoms with Crippen LogP contribution in [0.5, 0.6) is 0 Å². The molecule has 0 aromatic heterocycles. The van der Waals surface area contributed by atoms with Crippen LogP contribution in [0.2, 0.25) is 0 Å². The van der Waals surface area contributed by atoms with E-state index in [1.807, 2.05) is 33.3 Å². The molecule has 0 saturated carbocycles. The lowest BCUT2D eigenvalue weighted by atomic mass is 10.2. The fourth-order valence-electron chi connectivity index (χ4n) is 3.64. The smallest absolute Gasteiger partial charge is 0.414 e. The minimum atomic E-state index is -0.712. The van der Waals surface area contributed by atoms with E-state index in [4.69, 9.17) is 14.7 Å². The summed E-state index contributed by atoms with van der Waals surface area (Å²) in [6, 6.07) is 0. The van der Waals surface area contributed by atoms with Gasteiger partial charge in [0.2, 0.25) is 17.8 Å². The molecule has 0 rings (SSSR count). The van der Waals surface area contributed by atoms with Crippen LogP contribution in [0.25, 0.3) is 0 Å². The average Bonchev–Trinajstić information content (AvgIpc) is 2.89. The third kappa shape index (κ3) is 25.1. The zero-order valence-electron chi connectivity index (χ0n) is 27.4. The van der Waals surface area contributed by atoms with E-state index in [-0.39, 0.29) is 36.7 Å². The van der Waals surface area contributed by atoms with Crippen molar-refractivity contribution in [2.45, 2.75) is 111 Å². The van der Waals surface area contributed by atoms with Crippen LogP contribution in [-0.4, -0.2) is 97.6 Å². The second kappa shape index (κ2) is 22.4. The van der Waals surface area contributed by atoms with E-state index < -0.39 is 17.3 Å². The highest BCUT2D eigenvalue weighted by atomic mass is 16.6. The van der Waals surface area contributed by atoms with E-state index >= 15 is 0 Å². The Balaban J connectivity index is 3.99. The fourth-order valence-corrected chi connectivity index (χ4v) is 3.64. The molecule has 0 aromatic carbocycles. The number of carbonyl (C=O) groups excluding carboxylic acids is 4. The molecular weight excluding hydrogens is 558 g/mol. The summed E-state index contributed by atoms with van der Waals surface area (Å²) < 4.78 is 10.6. The highest BCUT2D eigenvalue weighted by Gasteiger charge is 2.21. The van der Waals surface area contributed by atoms with E-state index in [9.17, 15) is 19.2 Å². The number of ether oxygens (including phenoxy) is 2. The molecule has 0 aliphatic carbocycles. The van der Waals surface area contributed by atoms with Crippen molar-refractivity contribution in [1.29, 1.82) is 0 Å². The van der Waals surface area contributed by atoms with Crippen LogP contribution in [-0.2, 0) is 19.1 Å². The number of unbranched alkanes of at least 4 members (excludes halogenated alkanes) is 4. The number of nitrogens with zero attached hydrogens (tertiary/aromatic N) is 2. The Bertz CT molecular complexity index is 855. The molecule has 0 aliphatic rings. The van der Waals surface area contributed by atoms with Gasteiger partial charge >= 0.3 is 12.2 Å². The van der Waals surface area contributed by atoms with Crippen molar-refractivity contribution < 1.29 is 33.9 Å². The van der Waals surface area contributed by atoms with Gasteiger partial charge in [0.15, 0.2) is 0 Å². The van der Waals surface area contributed by atoms with Gasteiger partial charge in [0.05, 0.1) is 0 Å². The number of hydroxylamine groups is 1. The minimum absolute atomic E-state index is 0.0776. The SMILES string of the molecule is CNCCCN(CCCCNC(=O)CCC(=O)NCCCCCCN=C(NO)NC(=O)OC(C)(C)C)C(=O)OC(C)(C)C. The maximum absolute atomic E-state index is 12.5. The van der Waals surface area contributed by atoms with Gasteiger partial charge in [-0.15, -0.1) is 0 Å². The van der Waals surface area contributed by atoms with Gasteiger partial charge in [-0.25, -0.2) is 15.1 Å². The average molecular weight is 616 g/mol. The Morgan fingerprint density at radius 2 is 1.26 bits per heavy atom. The molecule has 0 aromatic rings. The van der Waals surface area contributed by atoms with Gasteiger partial charge in [0.1, 0.15) is 11.2 Å². The Kier molecular flexibility index (Phi) is 20.8. The van der Waals surface area contributed by atoms with Gasteiger partial charge in [0, 0.05) is 45.6 Å². The number of rotatable bonds is 19. The molecule has 0 fully saturated rings. The van der Waals surface area contributed by atoms with Crippen molar-refractivity contribution in [3.05, 3.63) is 0 Å². The first kappa shape index (κ1) is 39.9. The van der Waals surface area contributed by atoms with Gasteiger partial charge < -0.3 is 30.3 Å². The van der Waals surface area contributed by atoms with Crippen LogP contribution < -0.4 is 26.7 Å². The first-order valence-corrected chi connectivity index (χ1v) is 15.3. The Hall–Kier alpha value is -3.13. The number of guanidine groups is 1. The van der Waals surface area contributed by atoms with Crippen molar-refractivity contribution >= 4 is 30.0 Å². The quantitative estimate of drug-likeness (QED) is 0.0550. The summed E-state index contributed by atoms with van der Waals surface area (Å²) in [6.45, 7) is 14.1. The van der Waals surface area contributed by atoms with Crippen LogP contribution in [0.3, 0.4) is 0 Å². The molecule has 43 heavy (non-hydrogen) atoms. The second-order valence-corrected chi connectivity index (χ2v) is 12.2. The van der Waals surface area contributed by atoms with E-state index in [2.05, 4.69) is 26.3 Å². The van der Waals surface area contributed by atoms with Crippen molar-refractivity contribution in [3.8, 4) is 0 Å². The molecule has 6 N–H and O–H groups in total. The first-order chi connectivity index (χ1) is 20.2. The molecule has 14 nitrogen and oxygen atoms in total. The summed E-state index contributed by atoms with van der Waals surface area (Å²) >= 11 is 0. The predicted molar refractivity (Wildman–Crippen MR) is 166 cm³/mol. The molecule has 0 aliphatic heterocycles. The van der Waals surface area contributed by atoms with E-state index in [1.54, 1.807) is 25.7 Å². The number of hydrogen-bond donors (Lipinski definition) is 6. The predicted octanol–water partition coefficient (Wildman–Crippen LogP) is 3.05. The fraction of sp³-hybridized carbons (Fsp3) is 0.828. The summed E-state index contributed by atoms with van der Waals surface area (Å²) in [4.78, 5) is 54.1. The molecule has 4 amide bonds. The Morgan fingerprint density at radius 3 is 1.79 bits per heavy atom. The minimum Gasteiger partial charge on any atom is -0.444 e.